The molecule has 1 heterocycles. The monoisotopic (exact) mass is 394 g/mol. The van der Waals surface area contributed by atoms with Crippen LogP contribution in [-0.2, 0) is 16.1 Å². The molecule has 0 spiro atoms. The van der Waals surface area contributed by atoms with E-state index in [0.717, 1.165) is 5.56 Å². The number of esters is 1. The second-order valence-electron chi connectivity index (χ2n) is 7.81. The van der Waals surface area contributed by atoms with Crippen LogP contribution in [0.1, 0.15) is 32.8 Å². The maximum absolute atomic E-state index is 12.0. The molecule has 2 N–H and O–H groups in total. The van der Waals surface area contributed by atoms with Gasteiger partial charge in [-0.1, -0.05) is 51.1 Å². The Balaban J connectivity index is 1.86. The minimum Gasteiger partial charge on any atom is -0.504 e. The van der Waals surface area contributed by atoms with Gasteiger partial charge < -0.3 is 14.9 Å². The molecular formula is C21H22N4O4. The zero-order chi connectivity index (χ0) is 21.0. The van der Waals surface area contributed by atoms with E-state index in [2.05, 4.69) is 20.4 Å². The highest BCUT2D eigenvalue weighted by molar-refractivity contribution is 5.71. The number of ether oxygens (including phenoxy) is 1. The van der Waals surface area contributed by atoms with Crippen LogP contribution in [-0.4, -0.2) is 36.6 Å². The lowest BCUT2D eigenvalue weighted by molar-refractivity contribution is -0.147. The van der Waals surface area contributed by atoms with Gasteiger partial charge in [-0.05, 0) is 17.5 Å². The number of phenols is 2. The van der Waals surface area contributed by atoms with Gasteiger partial charge in [-0.3, -0.25) is 4.79 Å². The maximum atomic E-state index is 12.0. The van der Waals surface area contributed by atoms with Crippen molar-refractivity contribution in [3.8, 4) is 34.3 Å². The summed E-state index contributed by atoms with van der Waals surface area (Å²) in [6, 6.07) is 11.9. The van der Waals surface area contributed by atoms with Gasteiger partial charge in [0.25, 0.3) is 0 Å². The minimum atomic E-state index is -0.368. The Morgan fingerprint density at radius 1 is 0.931 bits per heavy atom. The molecule has 0 bridgehead atoms. The first-order valence-corrected chi connectivity index (χ1v) is 9.06. The van der Waals surface area contributed by atoms with Gasteiger partial charge in [0, 0.05) is 16.7 Å². The Morgan fingerprint density at radius 3 is 2.14 bits per heavy atom. The van der Waals surface area contributed by atoms with Gasteiger partial charge in [0.1, 0.15) is 6.61 Å². The van der Waals surface area contributed by atoms with Gasteiger partial charge in [-0.2, -0.15) is 0 Å². The summed E-state index contributed by atoms with van der Waals surface area (Å²) < 4.78 is 5.33. The topological polar surface area (TPSA) is 118 Å². The molecule has 3 rings (SSSR count). The van der Waals surface area contributed by atoms with Crippen molar-refractivity contribution in [2.45, 2.75) is 33.8 Å². The Hall–Kier alpha value is -3.55. The van der Waals surface area contributed by atoms with Crippen molar-refractivity contribution in [2.24, 2.45) is 5.41 Å². The Bertz CT molecular complexity index is 1000. The van der Waals surface area contributed by atoms with Crippen molar-refractivity contribution in [3.63, 3.8) is 0 Å². The fourth-order valence-corrected chi connectivity index (χ4v) is 2.63. The average molecular weight is 394 g/mol. The number of carbonyl (C=O) groups is 1. The predicted octanol–water partition coefficient (Wildman–Crippen LogP) is 3.49. The quantitative estimate of drug-likeness (QED) is 0.499. The number of aromatic hydroxyl groups is 2. The van der Waals surface area contributed by atoms with Crippen molar-refractivity contribution < 1.29 is 19.7 Å². The molecule has 0 saturated carbocycles. The molecule has 2 aromatic carbocycles. The van der Waals surface area contributed by atoms with E-state index in [1.54, 1.807) is 0 Å². The largest absolute Gasteiger partial charge is 0.504 e. The number of nitrogens with zero attached hydrogens (tertiary/aromatic N) is 4. The summed E-state index contributed by atoms with van der Waals surface area (Å²) in [4.78, 5) is 12.0. The number of rotatable bonds is 5. The standard InChI is InChI=1S/C21H22N4O4/c1-21(2,3)11-18(28)29-12-14-9-16(26)17(27)10-15(14)20-24-22-19(23-25-20)13-7-5-4-6-8-13/h4-10,26-27H,11-12H2,1-3H3. The van der Waals surface area contributed by atoms with Crippen LogP contribution in [0.15, 0.2) is 42.5 Å². The molecule has 8 nitrogen and oxygen atoms in total. The lowest BCUT2D eigenvalue weighted by Crippen LogP contribution is -2.15. The average Bonchev–Trinajstić information content (AvgIpc) is 2.68. The maximum Gasteiger partial charge on any atom is 0.306 e. The zero-order valence-corrected chi connectivity index (χ0v) is 16.5. The minimum absolute atomic E-state index is 0.109. The molecule has 0 atom stereocenters. The summed E-state index contributed by atoms with van der Waals surface area (Å²) in [5.74, 6) is -0.553. The van der Waals surface area contributed by atoms with Crippen LogP contribution >= 0.6 is 0 Å². The van der Waals surface area contributed by atoms with Crippen LogP contribution in [0.25, 0.3) is 22.8 Å². The smallest absolute Gasteiger partial charge is 0.306 e. The molecule has 0 amide bonds. The Kier molecular flexibility index (Phi) is 5.72. The first-order valence-electron chi connectivity index (χ1n) is 9.06. The number of aromatic nitrogens is 4. The van der Waals surface area contributed by atoms with E-state index in [0.29, 0.717) is 17.0 Å². The molecule has 150 valence electrons. The van der Waals surface area contributed by atoms with Crippen molar-refractivity contribution >= 4 is 5.97 Å². The van der Waals surface area contributed by atoms with Crippen LogP contribution in [0.4, 0.5) is 0 Å². The van der Waals surface area contributed by atoms with Crippen molar-refractivity contribution in [1.29, 1.82) is 0 Å². The summed E-state index contributed by atoms with van der Waals surface area (Å²) in [6.07, 6.45) is 0.248. The zero-order valence-electron chi connectivity index (χ0n) is 16.5. The second-order valence-corrected chi connectivity index (χ2v) is 7.81. The van der Waals surface area contributed by atoms with Crippen LogP contribution < -0.4 is 0 Å². The number of carbonyl (C=O) groups excluding carboxylic acids is 1. The van der Waals surface area contributed by atoms with Crippen molar-refractivity contribution in [1.82, 2.24) is 20.4 Å². The van der Waals surface area contributed by atoms with Gasteiger partial charge in [-0.25, -0.2) is 0 Å². The first-order chi connectivity index (χ1) is 13.7. The number of benzene rings is 2. The molecule has 29 heavy (non-hydrogen) atoms. The van der Waals surface area contributed by atoms with Crippen molar-refractivity contribution in [2.75, 3.05) is 0 Å². The van der Waals surface area contributed by atoms with E-state index < -0.39 is 0 Å². The van der Waals surface area contributed by atoms with Gasteiger partial charge >= 0.3 is 5.97 Å². The first kappa shape index (κ1) is 20.2. The molecule has 3 aromatic rings. The molecule has 0 aliphatic heterocycles. The van der Waals surface area contributed by atoms with Crippen molar-refractivity contribution in [3.05, 3.63) is 48.0 Å². The van der Waals surface area contributed by atoms with E-state index in [4.69, 9.17) is 4.74 Å². The molecule has 0 aliphatic rings. The lowest BCUT2D eigenvalue weighted by atomic mass is 9.92. The number of hydrogen-bond donors (Lipinski definition) is 2. The van der Waals surface area contributed by atoms with Gasteiger partial charge in [0.2, 0.25) is 11.6 Å². The van der Waals surface area contributed by atoms with Crippen LogP contribution in [0.5, 0.6) is 11.5 Å². The Morgan fingerprint density at radius 2 is 1.52 bits per heavy atom. The summed E-state index contributed by atoms with van der Waals surface area (Å²) in [5, 5.41) is 36.1. The molecule has 0 fully saturated rings. The van der Waals surface area contributed by atoms with Gasteiger partial charge in [0.05, 0.1) is 6.42 Å². The third-order valence-electron chi connectivity index (χ3n) is 4.02. The highest BCUT2D eigenvalue weighted by atomic mass is 16.5. The van der Waals surface area contributed by atoms with E-state index in [1.807, 2.05) is 51.1 Å². The normalized spacial score (nSPS) is 11.3. The van der Waals surface area contributed by atoms with E-state index in [1.165, 1.54) is 12.1 Å². The fraction of sp³-hybridized carbons (Fsp3) is 0.286. The molecular weight excluding hydrogens is 372 g/mol. The fourth-order valence-electron chi connectivity index (χ4n) is 2.63. The molecule has 1 aromatic heterocycles. The third-order valence-corrected chi connectivity index (χ3v) is 4.02. The van der Waals surface area contributed by atoms with E-state index in [9.17, 15) is 15.0 Å². The summed E-state index contributed by atoms with van der Waals surface area (Å²) in [5.41, 5.74) is 1.35. The highest BCUT2D eigenvalue weighted by Crippen LogP contribution is 2.33. The second kappa shape index (κ2) is 8.22. The third kappa shape index (κ3) is 5.25. The van der Waals surface area contributed by atoms with Crippen LogP contribution in [0.2, 0.25) is 0 Å². The SMILES string of the molecule is CC(C)(C)CC(=O)OCc1cc(O)c(O)cc1-c1nnc(-c2ccccc2)nn1. The van der Waals surface area contributed by atoms with Crippen LogP contribution in [0.3, 0.4) is 0 Å². The van der Waals surface area contributed by atoms with E-state index >= 15 is 0 Å². The predicted molar refractivity (Wildman–Crippen MR) is 106 cm³/mol. The lowest BCUT2D eigenvalue weighted by Gasteiger charge is -2.17. The molecule has 8 heteroatoms. The van der Waals surface area contributed by atoms with E-state index in [-0.39, 0.29) is 41.7 Å². The molecule has 0 aliphatic carbocycles. The van der Waals surface area contributed by atoms with Gasteiger partial charge in [0.15, 0.2) is 11.5 Å². The molecule has 0 unspecified atom stereocenters. The molecule has 0 saturated heterocycles. The number of hydrogen-bond acceptors (Lipinski definition) is 8. The van der Waals surface area contributed by atoms with Crippen LogP contribution in [0, 0.1) is 5.41 Å². The highest BCUT2D eigenvalue weighted by Gasteiger charge is 2.19. The summed E-state index contributed by atoms with van der Waals surface area (Å²) >= 11 is 0. The Labute approximate surface area is 168 Å². The van der Waals surface area contributed by atoms with Gasteiger partial charge in [-0.15, -0.1) is 20.4 Å². The molecule has 0 radical (unpaired) electrons. The summed E-state index contributed by atoms with van der Waals surface area (Å²) in [6.45, 7) is 5.70. The summed E-state index contributed by atoms with van der Waals surface area (Å²) in [7, 11) is 0. The number of phenolic OH excluding ortho intramolecular Hbond substituents is 2.